The van der Waals surface area contributed by atoms with Crippen LogP contribution in [0.4, 0.5) is 0 Å². The van der Waals surface area contributed by atoms with Crippen LogP contribution in [0.2, 0.25) is 0 Å². The van der Waals surface area contributed by atoms with E-state index in [1.54, 1.807) is 10.9 Å². The zero-order chi connectivity index (χ0) is 12.3. The van der Waals surface area contributed by atoms with Gasteiger partial charge in [-0.3, -0.25) is 4.98 Å². The normalized spacial score (nSPS) is 12.6. The molecule has 0 fully saturated rings. The molecule has 2 aromatic rings. The molecular weight excluding hydrogens is 280 g/mol. The number of nitrogens with zero attached hydrogens (tertiary/aromatic N) is 3. The topological polar surface area (TPSA) is 42.7 Å². The summed E-state index contributed by atoms with van der Waals surface area (Å²) in [7, 11) is 1.95. The molecule has 0 aliphatic rings. The van der Waals surface area contributed by atoms with Crippen molar-refractivity contribution in [1.29, 1.82) is 0 Å². The van der Waals surface area contributed by atoms with Crippen LogP contribution in [0, 0.1) is 0 Å². The van der Waals surface area contributed by atoms with E-state index in [2.05, 4.69) is 38.3 Å². The Balaban J connectivity index is 2.23. The Morgan fingerprint density at radius 1 is 1.41 bits per heavy atom. The van der Waals surface area contributed by atoms with Gasteiger partial charge in [-0.1, -0.05) is 6.92 Å². The SMILES string of the molecule is CCC(NC)c1ccc(-n2cc(Br)cn2)cn1. The van der Waals surface area contributed by atoms with Crippen LogP contribution in [0.15, 0.2) is 35.2 Å². The van der Waals surface area contributed by atoms with Crippen LogP contribution in [0.1, 0.15) is 25.1 Å². The molecule has 5 heteroatoms. The molecule has 2 rings (SSSR count). The van der Waals surface area contributed by atoms with Crippen molar-refractivity contribution in [3.8, 4) is 5.69 Å². The maximum absolute atomic E-state index is 4.47. The van der Waals surface area contributed by atoms with Gasteiger partial charge < -0.3 is 5.32 Å². The number of nitrogens with one attached hydrogen (secondary N) is 1. The Labute approximate surface area is 109 Å². The van der Waals surface area contributed by atoms with Crippen molar-refractivity contribution in [1.82, 2.24) is 20.1 Å². The van der Waals surface area contributed by atoms with Crippen molar-refractivity contribution in [3.63, 3.8) is 0 Å². The summed E-state index contributed by atoms with van der Waals surface area (Å²) in [5.41, 5.74) is 2.02. The first kappa shape index (κ1) is 12.3. The van der Waals surface area contributed by atoms with E-state index in [1.165, 1.54) is 0 Å². The van der Waals surface area contributed by atoms with Gasteiger partial charge in [0.05, 0.1) is 28.2 Å². The van der Waals surface area contributed by atoms with Gasteiger partial charge in [0.25, 0.3) is 0 Å². The summed E-state index contributed by atoms with van der Waals surface area (Å²) in [4.78, 5) is 4.47. The van der Waals surface area contributed by atoms with Crippen molar-refractivity contribution in [3.05, 3.63) is 40.9 Å². The predicted molar refractivity (Wildman–Crippen MR) is 71.2 cm³/mol. The fraction of sp³-hybridized carbons (Fsp3) is 0.333. The third kappa shape index (κ3) is 2.73. The molecule has 4 nitrogen and oxygen atoms in total. The zero-order valence-corrected chi connectivity index (χ0v) is 11.5. The molecule has 0 aromatic carbocycles. The molecule has 0 radical (unpaired) electrons. The molecule has 2 heterocycles. The Morgan fingerprint density at radius 2 is 2.24 bits per heavy atom. The van der Waals surface area contributed by atoms with Gasteiger partial charge in [-0.2, -0.15) is 5.10 Å². The van der Waals surface area contributed by atoms with Crippen LogP contribution >= 0.6 is 15.9 Å². The summed E-state index contributed by atoms with van der Waals surface area (Å²) in [5.74, 6) is 0. The molecule has 1 atom stereocenters. The Hall–Kier alpha value is -1.20. The summed E-state index contributed by atoms with van der Waals surface area (Å²) in [6.07, 6.45) is 6.54. The molecule has 0 aliphatic heterocycles. The molecule has 0 spiro atoms. The highest BCUT2D eigenvalue weighted by atomic mass is 79.9. The maximum atomic E-state index is 4.47. The lowest BCUT2D eigenvalue weighted by atomic mass is 10.1. The maximum Gasteiger partial charge on any atom is 0.0829 e. The fourth-order valence-electron chi connectivity index (χ4n) is 1.74. The molecule has 0 saturated heterocycles. The van der Waals surface area contributed by atoms with Gasteiger partial charge in [0.1, 0.15) is 0 Å². The minimum Gasteiger partial charge on any atom is -0.312 e. The third-order valence-electron chi connectivity index (χ3n) is 2.70. The molecule has 0 bridgehead atoms. The molecule has 1 unspecified atom stereocenters. The van der Waals surface area contributed by atoms with E-state index in [9.17, 15) is 0 Å². The summed E-state index contributed by atoms with van der Waals surface area (Å²) in [6, 6.07) is 4.38. The highest BCUT2D eigenvalue weighted by Gasteiger charge is 2.08. The van der Waals surface area contributed by atoms with E-state index < -0.39 is 0 Å². The van der Waals surface area contributed by atoms with Crippen LogP contribution in [0.25, 0.3) is 5.69 Å². The molecular formula is C12H15BrN4. The van der Waals surface area contributed by atoms with Crippen molar-refractivity contribution in [2.45, 2.75) is 19.4 Å². The van der Waals surface area contributed by atoms with Gasteiger partial charge in [-0.05, 0) is 41.5 Å². The summed E-state index contributed by atoms with van der Waals surface area (Å²) < 4.78 is 2.75. The second-order valence-corrected chi connectivity index (χ2v) is 4.71. The monoisotopic (exact) mass is 294 g/mol. The van der Waals surface area contributed by atoms with Crippen LogP contribution in [-0.2, 0) is 0 Å². The first-order valence-electron chi connectivity index (χ1n) is 5.58. The van der Waals surface area contributed by atoms with Gasteiger partial charge in [0.15, 0.2) is 0 Å². The predicted octanol–water partition coefficient (Wildman–Crippen LogP) is 2.70. The lowest BCUT2D eigenvalue weighted by molar-refractivity contribution is 0.561. The fourth-order valence-corrected chi connectivity index (χ4v) is 2.03. The molecule has 0 saturated carbocycles. The van der Waals surface area contributed by atoms with Gasteiger partial charge >= 0.3 is 0 Å². The minimum atomic E-state index is 0.313. The number of hydrogen-bond donors (Lipinski definition) is 1. The number of pyridine rings is 1. The third-order valence-corrected chi connectivity index (χ3v) is 3.11. The number of hydrogen-bond acceptors (Lipinski definition) is 3. The molecule has 90 valence electrons. The van der Waals surface area contributed by atoms with E-state index in [4.69, 9.17) is 0 Å². The average molecular weight is 295 g/mol. The lowest BCUT2D eigenvalue weighted by Gasteiger charge is -2.13. The summed E-state index contributed by atoms with van der Waals surface area (Å²) in [6.45, 7) is 2.14. The standard InChI is InChI=1S/C12H15BrN4/c1-3-11(14-2)12-5-4-10(7-15-12)17-8-9(13)6-16-17/h4-8,11,14H,3H2,1-2H3. The Kier molecular flexibility index (Phi) is 3.91. The van der Waals surface area contributed by atoms with E-state index >= 15 is 0 Å². The highest BCUT2D eigenvalue weighted by Crippen LogP contribution is 2.16. The van der Waals surface area contributed by atoms with Crippen molar-refractivity contribution >= 4 is 15.9 Å². The quantitative estimate of drug-likeness (QED) is 0.943. The Bertz CT molecular complexity index is 474. The molecule has 0 amide bonds. The molecule has 17 heavy (non-hydrogen) atoms. The second kappa shape index (κ2) is 5.42. The van der Waals surface area contributed by atoms with Crippen molar-refractivity contribution in [2.24, 2.45) is 0 Å². The Morgan fingerprint density at radius 3 is 2.71 bits per heavy atom. The van der Waals surface area contributed by atoms with Crippen molar-refractivity contribution in [2.75, 3.05) is 7.05 Å². The molecule has 2 aromatic heterocycles. The van der Waals surface area contributed by atoms with Gasteiger partial charge in [0.2, 0.25) is 0 Å². The van der Waals surface area contributed by atoms with Crippen LogP contribution < -0.4 is 5.32 Å². The van der Waals surface area contributed by atoms with Gasteiger partial charge in [-0.15, -0.1) is 0 Å². The minimum absolute atomic E-state index is 0.313. The summed E-state index contributed by atoms with van der Waals surface area (Å²) >= 11 is 3.38. The number of rotatable bonds is 4. The second-order valence-electron chi connectivity index (χ2n) is 3.79. The number of halogens is 1. The first-order valence-corrected chi connectivity index (χ1v) is 6.37. The van der Waals surface area contributed by atoms with E-state index in [0.29, 0.717) is 6.04 Å². The van der Waals surface area contributed by atoms with E-state index in [-0.39, 0.29) is 0 Å². The van der Waals surface area contributed by atoms with Crippen LogP contribution in [0.3, 0.4) is 0 Å². The van der Waals surface area contributed by atoms with Crippen molar-refractivity contribution < 1.29 is 0 Å². The summed E-state index contributed by atoms with van der Waals surface area (Å²) in [5, 5.41) is 7.45. The largest absolute Gasteiger partial charge is 0.312 e. The molecule has 1 N–H and O–H groups in total. The average Bonchev–Trinajstić information content (AvgIpc) is 2.78. The van der Waals surface area contributed by atoms with Gasteiger partial charge in [0, 0.05) is 12.2 Å². The van der Waals surface area contributed by atoms with E-state index in [0.717, 1.165) is 22.3 Å². The zero-order valence-electron chi connectivity index (χ0n) is 9.89. The first-order chi connectivity index (χ1) is 8.24. The smallest absolute Gasteiger partial charge is 0.0829 e. The van der Waals surface area contributed by atoms with E-state index in [1.807, 2.05) is 31.6 Å². The highest BCUT2D eigenvalue weighted by molar-refractivity contribution is 9.10. The van der Waals surface area contributed by atoms with Gasteiger partial charge in [-0.25, -0.2) is 4.68 Å². The van der Waals surface area contributed by atoms with Crippen LogP contribution in [0.5, 0.6) is 0 Å². The number of aromatic nitrogens is 3. The van der Waals surface area contributed by atoms with Crippen LogP contribution in [-0.4, -0.2) is 21.8 Å². The molecule has 0 aliphatic carbocycles. The lowest BCUT2D eigenvalue weighted by Crippen LogP contribution is -2.16.